The summed E-state index contributed by atoms with van der Waals surface area (Å²) >= 11 is 3.36. The predicted molar refractivity (Wildman–Crippen MR) is 60.6 cm³/mol. The molecule has 0 aliphatic carbocycles. The third-order valence-electron chi connectivity index (χ3n) is 2.11. The number of hydrogen-bond acceptors (Lipinski definition) is 2. The van der Waals surface area contributed by atoms with Gasteiger partial charge in [-0.1, -0.05) is 28.9 Å². The summed E-state index contributed by atoms with van der Waals surface area (Å²) in [4.78, 5) is 0. The van der Waals surface area contributed by atoms with Gasteiger partial charge in [0.1, 0.15) is 12.4 Å². The third-order valence-corrected chi connectivity index (χ3v) is 2.60. The first-order valence-electron chi connectivity index (χ1n) is 4.64. The molecule has 3 heteroatoms. The molecule has 1 unspecified atom stereocenters. The zero-order valence-corrected chi connectivity index (χ0v) is 10.0. The van der Waals surface area contributed by atoms with Crippen LogP contribution in [0.2, 0.25) is 0 Å². The Bertz CT molecular complexity index is 297. The van der Waals surface area contributed by atoms with Gasteiger partial charge in [-0.25, -0.2) is 0 Å². The second kappa shape index (κ2) is 4.80. The number of halogens is 1. The summed E-state index contributed by atoms with van der Waals surface area (Å²) in [5.74, 6) is 0.771. The van der Waals surface area contributed by atoms with Crippen LogP contribution < -0.4 is 4.74 Å². The normalized spacial score (nSPS) is 14.9. The highest BCUT2D eigenvalue weighted by atomic mass is 79.9. The van der Waals surface area contributed by atoms with Crippen LogP contribution in [0.1, 0.15) is 20.3 Å². The molecule has 0 radical (unpaired) electrons. The van der Waals surface area contributed by atoms with E-state index in [2.05, 4.69) is 15.9 Å². The molecule has 1 atom stereocenters. The average Bonchev–Trinajstić information content (AvgIpc) is 2.15. The summed E-state index contributed by atoms with van der Waals surface area (Å²) in [6, 6.07) is 7.59. The first-order chi connectivity index (χ1) is 6.53. The summed E-state index contributed by atoms with van der Waals surface area (Å²) in [5, 5.41) is 9.72. The van der Waals surface area contributed by atoms with E-state index in [-0.39, 0.29) is 0 Å². The first kappa shape index (κ1) is 11.5. The van der Waals surface area contributed by atoms with Crippen LogP contribution in [0.25, 0.3) is 0 Å². The molecule has 0 spiro atoms. The fourth-order valence-corrected chi connectivity index (χ4v) is 1.28. The third kappa shape index (κ3) is 3.68. The Morgan fingerprint density at radius 2 is 2.21 bits per heavy atom. The average molecular weight is 259 g/mol. The molecule has 1 aromatic rings. The second-order valence-electron chi connectivity index (χ2n) is 3.60. The van der Waals surface area contributed by atoms with Gasteiger partial charge in [0.25, 0.3) is 0 Å². The SMILES string of the molecule is CCC(C)(O)COc1cccc(Br)c1. The lowest BCUT2D eigenvalue weighted by molar-refractivity contribution is 0.00845. The molecule has 0 aromatic heterocycles. The highest BCUT2D eigenvalue weighted by Crippen LogP contribution is 2.19. The molecule has 1 rings (SSSR count). The molecule has 0 aliphatic heterocycles. The topological polar surface area (TPSA) is 29.5 Å². The minimum atomic E-state index is -0.748. The maximum Gasteiger partial charge on any atom is 0.120 e. The molecule has 0 fully saturated rings. The van der Waals surface area contributed by atoms with Crippen molar-refractivity contribution in [2.75, 3.05) is 6.61 Å². The van der Waals surface area contributed by atoms with Gasteiger partial charge in [-0.2, -0.15) is 0 Å². The van der Waals surface area contributed by atoms with Gasteiger partial charge in [0.2, 0.25) is 0 Å². The van der Waals surface area contributed by atoms with Crippen LogP contribution in [0.4, 0.5) is 0 Å². The van der Waals surface area contributed by atoms with E-state index in [0.717, 1.165) is 10.2 Å². The summed E-state index contributed by atoms with van der Waals surface area (Å²) in [6.07, 6.45) is 0.682. The smallest absolute Gasteiger partial charge is 0.120 e. The summed E-state index contributed by atoms with van der Waals surface area (Å²) in [7, 11) is 0. The molecule has 0 bridgehead atoms. The van der Waals surface area contributed by atoms with E-state index in [0.29, 0.717) is 13.0 Å². The largest absolute Gasteiger partial charge is 0.491 e. The van der Waals surface area contributed by atoms with Crippen molar-refractivity contribution in [2.45, 2.75) is 25.9 Å². The van der Waals surface area contributed by atoms with Gasteiger partial charge in [0.05, 0.1) is 5.60 Å². The van der Waals surface area contributed by atoms with Crippen molar-refractivity contribution < 1.29 is 9.84 Å². The number of hydrogen-bond donors (Lipinski definition) is 1. The van der Waals surface area contributed by atoms with Crippen LogP contribution in [0.15, 0.2) is 28.7 Å². The fourth-order valence-electron chi connectivity index (χ4n) is 0.898. The van der Waals surface area contributed by atoms with Crippen LogP contribution in [-0.4, -0.2) is 17.3 Å². The van der Waals surface area contributed by atoms with Crippen molar-refractivity contribution in [1.82, 2.24) is 0 Å². The van der Waals surface area contributed by atoms with Crippen molar-refractivity contribution in [1.29, 1.82) is 0 Å². The van der Waals surface area contributed by atoms with Crippen LogP contribution in [0.5, 0.6) is 5.75 Å². The van der Waals surface area contributed by atoms with E-state index in [1.807, 2.05) is 31.2 Å². The summed E-state index contributed by atoms with van der Waals surface area (Å²) in [6.45, 7) is 4.02. The lowest BCUT2D eigenvalue weighted by atomic mass is 10.1. The minimum absolute atomic E-state index is 0.319. The Morgan fingerprint density at radius 1 is 1.50 bits per heavy atom. The van der Waals surface area contributed by atoms with Gasteiger partial charge < -0.3 is 9.84 Å². The molecule has 0 amide bonds. The van der Waals surface area contributed by atoms with Crippen LogP contribution in [0.3, 0.4) is 0 Å². The monoisotopic (exact) mass is 258 g/mol. The lowest BCUT2D eigenvalue weighted by Gasteiger charge is -2.21. The zero-order valence-electron chi connectivity index (χ0n) is 8.46. The molecular formula is C11H15BrO2. The molecule has 2 nitrogen and oxygen atoms in total. The first-order valence-corrected chi connectivity index (χ1v) is 5.43. The van der Waals surface area contributed by atoms with Gasteiger partial charge in [0, 0.05) is 4.47 Å². The van der Waals surface area contributed by atoms with Gasteiger partial charge in [-0.05, 0) is 31.5 Å². The standard InChI is InChI=1S/C11H15BrO2/c1-3-11(2,13)8-14-10-6-4-5-9(12)7-10/h4-7,13H,3,8H2,1-2H3. The highest BCUT2D eigenvalue weighted by Gasteiger charge is 2.18. The molecule has 1 aromatic carbocycles. The Hall–Kier alpha value is -0.540. The van der Waals surface area contributed by atoms with Crippen molar-refractivity contribution in [3.05, 3.63) is 28.7 Å². The Kier molecular flexibility index (Phi) is 3.96. The van der Waals surface area contributed by atoms with Crippen molar-refractivity contribution in [2.24, 2.45) is 0 Å². The molecule has 0 saturated heterocycles. The van der Waals surface area contributed by atoms with E-state index < -0.39 is 5.60 Å². The number of benzene rings is 1. The Morgan fingerprint density at radius 3 is 2.79 bits per heavy atom. The van der Waals surface area contributed by atoms with Gasteiger partial charge >= 0.3 is 0 Å². The number of ether oxygens (including phenoxy) is 1. The van der Waals surface area contributed by atoms with Crippen molar-refractivity contribution in [3.8, 4) is 5.75 Å². The Balaban J connectivity index is 2.54. The van der Waals surface area contributed by atoms with Crippen LogP contribution in [0, 0.1) is 0 Å². The zero-order chi connectivity index (χ0) is 10.6. The molecule has 0 aliphatic rings. The van der Waals surface area contributed by atoms with Gasteiger partial charge in [-0.15, -0.1) is 0 Å². The van der Waals surface area contributed by atoms with E-state index >= 15 is 0 Å². The minimum Gasteiger partial charge on any atom is -0.491 e. The molecular weight excluding hydrogens is 244 g/mol. The highest BCUT2D eigenvalue weighted by molar-refractivity contribution is 9.10. The van der Waals surface area contributed by atoms with E-state index in [9.17, 15) is 5.11 Å². The lowest BCUT2D eigenvalue weighted by Crippen LogP contribution is -2.31. The van der Waals surface area contributed by atoms with Crippen LogP contribution >= 0.6 is 15.9 Å². The second-order valence-corrected chi connectivity index (χ2v) is 4.51. The number of aliphatic hydroxyl groups is 1. The fraction of sp³-hybridized carbons (Fsp3) is 0.455. The van der Waals surface area contributed by atoms with E-state index in [1.54, 1.807) is 6.92 Å². The van der Waals surface area contributed by atoms with E-state index in [4.69, 9.17) is 4.74 Å². The predicted octanol–water partition coefficient (Wildman–Crippen LogP) is 2.99. The quantitative estimate of drug-likeness (QED) is 0.900. The van der Waals surface area contributed by atoms with Gasteiger partial charge in [-0.3, -0.25) is 0 Å². The van der Waals surface area contributed by atoms with Crippen molar-refractivity contribution in [3.63, 3.8) is 0 Å². The van der Waals surface area contributed by atoms with Crippen molar-refractivity contribution >= 4 is 15.9 Å². The molecule has 0 heterocycles. The molecule has 0 saturated carbocycles. The summed E-state index contributed by atoms with van der Waals surface area (Å²) in [5.41, 5.74) is -0.748. The number of rotatable bonds is 4. The van der Waals surface area contributed by atoms with Gasteiger partial charge in [0.15, 0.2) is 0 Å². The Labute approximate surface area is 93.0 Å². The molecule has 14 heavy (non-hydrogen) atoms. The maximum atomic E-state index is 9.72. The maximum absolute atomic E-state index is 9.72. The van der Waals surface area contributed by atoms with E-state index in [1.165, 1.54) is 0 Å². The molecule has 78 valence electrons. The summed E-state index contributed by atoms with van der Waals surface area (Å²) < 4.78 is 6.44. The van der Waals surface area contributed by atoms with Crippen LogP contribution in [-0.2, 0) is 0 Å². The molecule has 1 N–H and O–H groups in total.